The van der Waals surface area contributed by atoms with Crippen LogP contribution >= 0.6 is 11.3 Å². The minimum atomic E-state index is -3.69. The largest absolute Gasteiger partial charge is 0.462 e. The summed E-state index contributed by atoms with van der Waals surface area (Å²) in [5, 5.41) is 2.52. The second-order valence-electron chi connectivity index (χ2n) is 6.83. The van der Waals surface area contributed by atoms with Gasteiger partial charge in [-0.25, -0.2) is 9.59 Å². The van der Waals surface area contributed by atoms with E-state index in [1.807, 2.05) is 0 Å². The summed E-state index contributed by atoms with van der Waals surface area (Å²) in [6.45, 7) is 7.21. The summed E-state index contributed by atoms with van der Waals surface area (Å²) in [5.41, 5.74) is -0.655. The molecule has 1 N–H and O–H groups in total. The predicted octanol–water partition coefficient (Wildman–Crippen LogP) is 2.73. The Morgan fingerprint density at radius 1 is 1.26 bits per heavy atom. The number of esters is 1. The number of hydrogen-bond donors (Lipinski definition) is 1. The fourth-order valence-electron chi connectivity index (χ4n) is 2.07. The average Bonchev–Trinajstić information content (AvgIpc) is 2.96. The Hall–Kier alpha value is -1.65. The molecular formula is C17H27NO7S2. The minimum Gasteiger partial charge on any atom is -0.462 e. The van der Waals surface area contributed by atoms with Crippen LogP contribution in [0.2, 0.25) is 0 Å². The lowest BCUT2D eigenvalue weighted by molar-refractivity contribution is 0.0497. The summed E-state index contributed by atoms with van der Waals surface area (Å²) in [6, 6.07) is 3.46. The predicted molar refractivity (Wildman–Crippen MR) is 103 cm³/mol. The molecule has 10 heteroatoms. The van der Waals surface area contributed by atoms with Crippen LogP contribution in [-0.4, -0.2) is 51.6 Å². The summed E-state index contributed by atoms with van der Waals surface area (Å²) < 4.78 is 38.1. The number of rotatable bonds is 9. The van der Waals surface area contributed by atoms with Gasteiger partial charge in [0.05, 0.1) is 19.0 Å². The van der Waals surface area contributed by atoms with Gasteiger partial charge in [-0.2, -0.15) is 8.42 Å². The highest BCUT2D eigenvalue weighted by Crippen LogP contribution is 2.20. The lowest BCUT2D eigenvalue weighted by atomic mass is 10.2. The van der Waals surface area contributed by atoms with Crippen molar-refractivity contribution < 1.29 is 31.7 Å². The molecule has 1 aromatic rings. The first-order valence-corrected chi connectivity index (χ1v) is 11.1. The van der Waals surface area contributed by atoms with E-state index in [0.29, 0.717) is 24.3 Å². The van der Waals surface area contributed by atoms with Gasteiger partial charge in [-0.3, -0.25) is 4.18 Å². The van der Waals surface area contributed by atoms with Crippen LogP contribution in [0.4, 0.5) is 4.79 Å². The van der Waals surface area contributed by atoms with Crippen molar-refractivity contribution in [3.8, 4) is 0 Å². The van der Waals surface area contributed by atoms with E-state index < -0.39 is 27.9 Å². The van der Waals surface area contributed by atoms with Crippen molar-refractivity contribution in [3.05, 3.63) is 21.9 Å². The van der Waals surface area contributed by atoms with Crippen molar-refractivity contribution >= 4 is 33.5 Å². The molecule has 0 radical (unpaired) electrons. The monoisotopic (exact) mass is 421 g/mol. The summed E-state index contributed by atoms with van der Waals surface area (Å²) in [7, 11) is -3.69. The lowest BCUT2D eigenvalue weighted by Crippen LogP contribution is -2.38. The van der Waals surface area contributed by atoms with Crippen LogP contribution in [-0.2, 0) is 30.2 Å². The van der Waals surface area contributed by atoms with Crippen LogP contribution in [0.1, 0.15) is 48.7 Å². The van der Waals surface area contributed by atoms with E-state index in [9.17, 15) is 18.0 Å². The molecule has 0 aliphatic heterocycles. The number of thiophene rings is 1. The number of amides is 1. The SMILES string of the molecule is CCOC(=O)c1ccc(CCC(CNC(=O)OC(C)(C)C)OS(C)(=O)=O)s1. The number of carbonyl (C=O) groups excluding carboxylic acids is 2. The zero-order valence-corrected chi connectivity index (χ0v) is 17.9. The molecule has 1 rings (SSSR count). The van der Waals surface area contributed by atoms with Crippen LogP contribution in [0.15, 0.2) is 12.1 Å². The molecule has 1 heterocycles. The van der Waals surface area contributed by atoms with Crippen molar-refractivity contribution in [1.82, 2.24) is 5.32 Å². The van der Waals surface area contributed by atoms with Crippen molar-refractivity contribution in [2.45, 2.75) is 52.2 Å². The number of aryl methyl sites for hydroxylation is 1. The first-order valence-electron chi connectivity index (χ1n) is 8.50. The summed E-state index contributed by atoms with van der Waals surface area (Å²) in [5.74, 6) is -0.385. The van der Waals surface area contributed by atoms with Crippen molar-refractivity contribution in [2.75, 3.05) is 19.4 Å². The van der Waals surface area contributed by atoms with Gasteiger partial charge in [-0.1, -0.05) is 0 Å². The summed E-state index contributed by atoms with van der Waals surface area (Å²) in [4.78, 5) is 24.8. The van der Waals surface area contributed by atoms with Gasteiger partial charge in [0.25, 0.3) is 10.1 Å². The van der Waals surface area contributed by atoms with E-state index in [1.165, 1.54) is 11.3 Å². The molecule has 0 fully saturated rings. The highest BCUT2D eigenvalue weighted by molar-refractivity contribution is 7.86. The molecule has 0 aliphatic rings. The van der Waals surface area contributed by atoms with Gasteiger partial charge >= 0.3 is 12.1 Å². The molecule has 1 amide bonds. The van der Waals surface area contributed by atoms with Crippen molar-refractivity contribution in [2.24, 2.45) is 0 Å². The molecule has 0 aliphatic carbocycles. The lowest BCUT2D eigenvalue weighted by Gasteiger charge is -2.21. The van der Waals surface area contributed by atoms with Gasteiger partial charge in [0.2, 0.25) is 0 Å². The Morgan fingerprint density at radius 3 is 2.48 bits per heavy atom. The molecule has 0 saturated heterocycles. The Kier molecular flexibility index (Phi) is 8.70. The van der Waals surface area contributed by atoms with Gasteiger partial charge < -0.3 is 14.8 Å². The molecule has 0 saturated carbocycles. The Balaban J connectivity index is 2.64. The maximum absolute atomic E-state index is 11.8. The smallest absolute Gasteiger partial charge is 0.407 e. The van der Waals surface area contributed by atoms with E-state index in [4.69, 9.17) is 13.7 Å². The summed E-state index contributed by atoms with van der Waals surface area (Å²) in [6.07, 6.45) is 0.384. The van der Waals surface area contributed by atoms with Gasteiger partial charge in [-0.05, 0) is 52.7 Å². The second-order valence-corrected chi connectivity index (χ2v) is 9.60. The van der Waals surface area contributed by atoms with Crippen molar-refractivity contribution in [3.63, 3.8) is 0 Å². The zero-order chi connectivity index (χ0) is 20.7. The van der Waals surface area contributed by atoms with Crippen LogP contribution in [0, 0.1) is 0 Å². The third kappa shape index (κ3) is 10.3. The Bertz CT molecular complexity index is 735. The quantitative estimate of drug-likeness (QED) is 0.482. The standard InChI is InChI=1S/C17H27NO7S2/c1-6-23-15(19)14-10-9-13(26-14)8-7-12(25-27(5,21)22)11-18-16(20)24-17(2,3)4/h9-10,12H,6-8,11H2,1-5H3,(H,18,20). The van der Waals surface area contributed by atoms with Gasteiger partial charge in [0.1, 0.15) is 10.5 Å². The first-order chi connectivity index (χ1) is 12.4. The fourth-order valence-corrected chi connectivity index (χ4v) is 3.65. The third-order valence-electron chi connectivity index (χ3n) is 3.03. The zero-order valence-electron chi connectivity index (χ0n) is 16.2. The molecule has 1 unspecified atom stereocenters. The molecule has 154 valence electrons. The molecule has 8 nitrogen and oxygen atoms in total. The van der Waals surface area contributed by atoms with Crippen LogP contribution in [0.25, 0.3) is 0 Å². The molecule has 1 aromatic heterocycles. The Morgan fingerprint density at radius 2 is 1.93 bits per heavy atom. The van der Waals surface area contributed by atoms with Crippen LogP contribution in [0.3, 0.4) is 0 Å². The molecule has 27 heavy (non-hydrogen) atoms. The van der Waals surface area contributed by atoms with Crippen molar-refractivity contribution in [1.29, 1.82) is 0 Å². The van der Waals surface area contributed by atoms with Gasteiger partial charge in [-0.15, -0.1) is 11.3 Å². The molecule has 0 spiro atoms. The second kappa shape index (κ2) is 10.0. The van der Waals surface area contributed by atoms with Gasteiger partial charge in [0, 0.05) is 11.4 Å². The van der Waals surface area contributed by atoms with E-state index >= 15 is 0 Å². The number of nitrogens with one attached hydrogen (secondary N) is 1. The number of hydrogen-bond acceptors (Lipinski definition) is 8. The van der Waals surface area contributed by atoms with Gasteiger partial charge in [0.15, 0.2) is 0 Å². The van der Waals surface area contributed by atoms with E-state index in [0.717, 1.165) is 11.1 Å². The first kappa shape index (κ1) is 23.4. The summed E-state index contributed by atoms with van der Waals surface area (Å²) >= 11 is 1.28. The molecule has 0 aromatic carbocycles. The van der Waals surface area contributed by atoms with Crippen LogP contribution < -0.4 is 5.32 Å². The minimum absolute atomic E-state index is 0.0158. The average molecular weight is 422 g/mol. The highest BCUT2D eigenvalue weighted by atomic mass is 32.2. The highest BCUT2D eigenvalue weighted by Gasteiger charge is 2.21. The third-order valence-corrected chi connectivity index (χ3v) is 4.78. The van der Waals surface area contributed by atoms with E-state index in [-0.39, 0.29) is 12.5 Å². The normalized spacial score (nSPS) is 13.1. The fraction of sp³-hybridized carbons (Fsp3) is 0.647. The molecule has 0 bridgehead atoms. The number of carbonyl (C=O) groups is 2. The maximum Gasteiger partial charge on any atom is 0.407 e. The molecular weight excluding hydrogens is 394 g/mol. The number of alkyl carbamates (subject to hydrolysis) is 1. The maximum atomic E-state index is 11.8. The van der Waals surface area contributed by atoms with E-state index in [1.54, 1.807) is 39.8 Å². The van der Waals surface area contributed by atoms with E-state index in [2.05, 4.69) is 5.32 Å². The Labute approximate surface area is 164 Å². The molecule has 1 atom stereocenters. The number of ether oxygens (including phenoxy) is 2. The topological polar surface area (TPSA) is 108 Å². The van der Waals surface area contributed by atoms with Crippen LogP contribution in [0.5, 0.6) is 0 Å².